The fraction of sp³-hybridized carbons (Fsp3) is 0.647. The molecule has 0 saturated carbocycles. The van der Waals surface area contributed by atoms with Crippen molar-refractivity contribution in [2.45, 2.75) is 46.6 Å². The Morgan fingerprint density at radius 2 is 1.95 bits per heavy atom. The quantitative estimate of drug-likeness (QED) is 0.871. The number of nitrogens with one attached hydrogen (secondary N) is 1. The van der Waals surface area contributed by atoms with E-state index in [1.54, 1.807) is 0 Å². The highest BCUT2D eigenvalue weighted by atomic mass is 15.1. The van der Waals surface area contributed by atoms with Crippen molar-refractivity contribution in [2.75, 3.05) is 24.5 Å². The highest BCUT2D eigenvalue weighted by Crippen LogP contribution is 2.27. The summed E-state index contributed by atoms with van der Waals surface area (Å²) in [6, 6.07) is 7.55. The van der Waals surface area contributed by atoms with E-state index < -0.39 is 0 Å². The van der Waals surface area contributed by atoms with E-state index in [1.807, 2.05) is 0 Å². The van der Waals surface area contributed by atoms with Crippen LogP contribution in [0.5, 0.6) is 0 Å². The van der Waals surface area contributed by atoms with E-state index in [1.165, 1.54) is 42.7 Å². The first kappa shape index (κ1) is 14.4. The molecule has 0 amide bonds. The Balaban J connectivity index is 1.94. The van der Waals surface area contributed by atoms with Gasteiger partial charge in [-0.05, 0) is 69.3 Å². The molecule has 0 aromatic heterocycles. The minimum absolute atomic E-state index is 0.647. The van der Waals surface area contributed by atoms with Crippen molar-refractivity contribution < 1.29 is 0 Å². The Hall–Kier alpha value is -1.02. The van der Waals surface area contributed by atoms with E-state index >= 15 is 0 Å². The van der Waals surface area contributed by atoms with Crippen molar-refractivity contribution >= 4 is 5.69 Å². The maximum Gasteiger partial charge on any atom is 0.0371 e. The average molecular weight is 260 g/mol. The van der Waals surface area contributed by atoms with E-state index in [9.17, 15) is 0 Å². The van der Waals surface area contributed by atoms with Crippen molar-refractivity contribution in [3.8, 4) is 0 Å². The Morgan fingerprint density at radius 1 is 1.26 bits per heavy atom. The molecule has 0 radical (unpaired) electrons. The van der Waals surface area contributed by atoms with Gasteiger partial charge in [0, 0.05) is 24.8 Å². The Morgan fingerprint density at radius 3 is 2.58 bits per heavy atom. The second kappa shape index (κ2) is 6.42. The molecule has 2 rings (SSSR count). The third-order valence-corrected chi connectivity index (χ3v) is 4.10. The molecule has 2 nitrogen and oxygen atoms in total. The first-order valence-electron chi connectivity index (χ1n) is 7.65. The van der Waals surface area contributed by atoms with E-state index in [-0.39, 0.29) is 0 Å². The Labute approximate surface area is 118 Å². The molecule has 1 aromatic rings. The van der Waals surface area contributed by atoms with Crippen molar-refractivity contribution in [2.24, 2.45) is 5.92 Å². The molecule has 2 atom stereocenters. The topological polar surface area (TPSA) is 15.3 Å². The third kappa shape index (κ3) is 3.97. The van der Waals surface area contributed by atoms with Gasteiger partial charge < -0.3 is 10.2 Å². The fourth-order valence-electron chi connectivity index (χ4n) is 3.32. The summed E-state index contributed by atoms with van der Waals surface area (Å²) in [5, 5.41) is 3.53. The van der Waals surface area contributed by atoms with E-state index in [2.05, 4.69) is 56.1 Å². The monoisotopic (exact) mass is 260 g/mol. The number of nitrogens with zero attached hydrogens (tertiary/aromatic N) is 1. The van der Waals surface area contributed by atoms with E-state index in [0.29, 0.717) is 6.04 Å². The summed E-state index contributed by atoms with van der Waals surface area (Å²) >= 11 is 0. The highest BCUT2D eigenvalue weighted by Gasteiger charge is 2.24. The molecule has 1 aliphatic heterocycles. The van der Waals surface area contributed by atoms with Gasteiger partial charge in [0.25, 0.3) is 0 Å². The lowest BCUT2D eigenvalue weighted by molar-refractivity contribution is 0.430. The first-order valence-corrected chi connectivity index (χ1v) is 7.65. The van der Waals surface area contributed by atoms with Gasteiger partial charge in [-0.3, -0.25) is 0 Å². The molecule has 1 saturated heterocycles. The van der Waals surface area contributed by atoms with Crippen LogP contribution in [0.3, 0.4) is 0 Å². The summed E-state index contributed by atoms with van der Waals surface area (Å²) < 4.78 is 0. The number of rotatable bonds is 5. The third-order valence-electron chi connectivity index (χ3n) is 4.10. The molecular formula is C17H28N2. The Kier molecular flexibility index (Phi) is 4.87. The van der Waals surface area contributed by atoms with Gasteiger partial charge in [0.1, 0.15) is 0 Å². The molecule has 1 aromatic carbocycles. The second-order valence-corrected chi connectivity index (χ2v) is 6.14. The van der Waals surface area contributed by atoms with Crippen LogP contribution in [0.15, 0.2) is 18.2 Å². The van der Waals surface area contributed by atoms with Crippen LogP contribution in [0.2, 0.25) is 0 Å². The molecule has 1 aliphatic rings. The zero-order valence-corrected chi connectivity index (χ0v) is 12.9. The predicted molar refractivity (Wildman–Crippen MR) is 84.0 cm³/mol. The molecule has 1 N–H and O–H groups in total. The van der Waals surface area contributed by atoms with E-state index in [0.717, 1.165) is 12.5 Å². The predicted octanol–water partition coefficient (Wildman–Crippen LogP) is 3.52. The first-order chi connectivity index (χ1) is 9.08. The zero-order chi connectivity index (χ0) is 13.8. The average Bonchev–Trinajstić information content (AvgIpc) is 2.76. The molecule has 1 fully saturated rings. The largest absolute Gasteiger partial charge is 0.371 e. The van der Waals surface area contributed by atoms with E-state index in [4.69, 9.17) is 0 Å². The lowest BCUT2D eigenvalue weighted by Crippen LogP contribution is -2.29. The van der Waals surface area contributed by atoms with Crippen molar-refractivity contribution in [3.05, 3.63) is 29.3 Å². The number of aryl methyl sites for hydroxylation is 2. The van der Waals surface area contributed by atoms with Gasteiger partial charge in [-0.2, -0.15) is 0 Å². The summed E-state index contributed by atoms with van der Waals surface area (Å²) in [4.78, 5) is 2.56. The summed E-state index contributed by atoms with van der Waals surface area (Å²) in [6.07, 6.45) is 2.64. The number of anilines is 1. The molecular weight excluding hydrogens is 232 g/mol. The minimum Gasteiger partial charge on any atom is -0.371 e. The number of hydrogen-bond acceptors (Lipinski definition) is 2. The molecule has 1 heterocycles. The summed E-state index contributed by atoms with van der Waals surface area (Å²) in [6.45, 7) is 12.4. The van der Waals surface area contributed by atoms with Crippen LogP contribution in [-0.2, 0) is 0 Å². The van der Waals surface area contributed by atoms with Gasteiger partial charge in [-0.15, -0.1) is 0 Å². The zero-order valence-electron chi connectivity index (χ0n) is 12.9. The standard InChI is InChI=1S/C17H28N2/c1-5-18-15(4)11-16-6-7-19(12-16)17-9-13(2)8-14(3)10-17/h8-10,15-16,18H,5-7,11-12H2,1-4H3. The van der Waals surface area contributed by atoms with Gasteiger partial charge in [-0.25, -0.2) is 0 Å². The van der Waals surface area contributed by atoms with Gasteiger partial charge in [-0.1, -0.05) is 13.0 Å². The maximum atomic E-state index is 3.53. The van der Waals surface area contributed by atoms with Crippen LogP contribution in [0.4, 0.5) is 5.69 Å². The smallest absolute Gasteiger partial charge is 0.0371 e. The molecule has 0 spiro atoms. The maximum absolute atomic E-state index is 3.53. The summed E-state index contributed by atoms with van der Waals surface area (Å²) in [5.74, 6) is 0.842. The van der Waals surface area contributed by atoms with Crippen LogP contribution in [0.1, 0.15) is 37.8 Å². The van der Waals surface area contributed by atoms with Crippen LogP contribution in [0.25, 0.3) is 0 Å². The van der Waals surface area contributed by atoms with Gasteiger partial charge in [0.2, 0.25) is 0 Å². The lowest BCUT2D eigenvalue weighted by Gasteiger charge is -2.21. The van der Waals surface area contributed by atoms with Crippen molar-refractivity contribution in [1.29, 1.82) is 0 Å². The molecule has 0 bridgehead atoms. The normalized spacial score (nSPS) is 20.8. The van der Waals surface area contributed by atoms with Gasteiger partial charge in [0.15, 0.2) is 0 Å². The second-order valence-electron chi connectivity index (χ2n) is 6.14. The number of hydrogen-bond donors (Lipinski definition) is 1. The fourth-order valence-corrected chi connectivity index (χ4v) is 3.32. The van der Waals surface area contributed by atoms with Crippen LogP contribution >= 0.6 is 0 Å². The van der Waals surface area contributed by atoms with Gasteiger partial charge >= 0.3 is 0 Å². The molecule has 2 unspecified atom stereocenters. The molecule has 106 valence electrons. The summed E-state index contributed by atoms with van der Waals surface area (Å²) in [7, 11) is 0. The van der Waals surface area contributed by atoms with Crippen molar-refractivity contribution in [1.82, 2.24) is 5.32 Å². The molecule has 0 aliphatic carbocycles. The summed E-state index contributed by atoms with van der Waals surface area (Å²) in [5.41, 5.74) is 4.16. The molecule has 19 heavy (non-hydrogen) atoms. The van der Waals surface area contributed by atoms with Crippen LogP contribution in [0, 0.1) is 19.8 Å². The Bertz CT molecular complexity index is 393. The van der Waals surface area contributed by atoms with Gasteiger partial charge in [0.05, 0.1) is 0 Å². The van der Waals surface area contributed by atoms with Crippen LogP contribution < -0.4 is 10.2 Å². The lowest BCUT2D eigenvalue weighted by atomic mass is 10.00. The molecule has 2 heteroatoms. The highest BCUT2D eigenvalue weighted by molar-refractivity contribution is 5.51. The van der Waals surface area contributed by atoms with Crippen molar-refractivity contribution in [3.63, 3.8) is 0 Å². The van der Waals surface area contributed by atoms with Crippen LogP contribution in [-0.4, -0.2) is 25.7 Å². The minimum atomic E-state index is 0.647. The number of benzene rings is 1. The SMILES string of the molecule is CCNC(C)CC1CCN(c2cc(C)cc(C)c2)C1.